The number of likely N-dealkylation sites (N-methyl/N-ethyl adjacent to an activating group) is 1. The molecule has 0 spiro atoms. The second kappa shape index (κ2) is 6.09. The van der Waals surface area contributed by atoms with Crippen LogP contribution >= 0.6 is 15.9 Å². The monoisotopic (exact) mass is 253 g/mol. The topological polar surface area (TPSA) is 20.3 Å². The van der Waals surface area contributed by atoms with E-state index in [-0.39, 0.29) is 0 Å². The zero-order valence-corrected chi connectivity index (χ0v) is 9.83. The van der Waals surface area contributed by atoms with Crippen molar-refractivity contribution < 1.29 is 4.70 Å². The van der Waals surface area contributed by atoms with Gasteiger partial charge >= 0.3 is 93.4 Å². The number of benzene rings is 1. The first-order valence-electron chi connectivity index (χ1n) is 4.59. The van der Waals surface area contributed by atoms with Gasteiger partial charge in [-0.1, -0.05) is 0 Å². The summed E-state index contributed by atoms with van der Waals surface area (Å²) >= 11 is 3.39. The number of hydrogen-bond donors (Lipinski definition) is 0. The normalized spacial score (nSPS) is 10.2. The van der Waals surface area contributed by atoms with E-state index in [1.165, 1.54) is 5.56 Å². The van der Waals surface area contributed by atoms with E-state index in [1.54, 1.807) is 0 Å². The zero-order chi connectivity index (χ0) is 10.4. The van der Waals surface area contributed by atoms with Gasteiger partial charge in [-0.25, -0.2) is 0 Å². The fourth-order valence-electron chi connectivity index (χ4n) is 1.19. The van der Waals surface area contributed by atoms with Gasteiger partial charge in [-0.15, -0.1) is 0 Å². The fourth-order valence-corrected chi connectivity index (χ4v) is 1.45. The molecular weight excluding hydrogens is 241 g/mol. The molecule has 0 fully saturated rings. The molecule has 0 aliphatic rings. The van der Waals surface area contributed by atoms with Gasteiger partial charge in [0.2, 0.25) is 0 Å². The molecule has 2 nitrogen and oxygen atoms in total. The summed E-state index contributed by atoms with van der Waals surface area (Å²) in [4.78, 5) is 2.01. The van der Waals surface area contributed by atoms with Crippen molar-refractivity contribution in [3.05, 3.63) is 34.3 Å². The molecule has 0 saturated heterocycles. The van der Waals surface area contributed by atoms with Crippen molar-refractivity contribution in [2.75, 3.05) is 20.0 Å². The Labute approximate surface area is 93.7 Å². The summed E-state index contributed by atoms with van der Waals surface area (Å²) in [7, 11) is 2.88. The van der Waals surface area contributed by atoms with E-state index in [9.17, 15) is 4.70 Å². The Morgan fingerprint density at radius 3 is 2.57 bits per heavy atom. The summed E-state index contributed by atoms with van der Waals surface area (Å²) in [6, 6.07) is 8.27. The van der Waals surface area contributed by atoms with Crippen molar-refractivity contribution in [2.45, 2.75) is 6.42 Å². The maximum atomic E-state index is 10.2. The van der Waals surface area contributed by atoms with Crippen molar-refractivity contribution in [2.24, 2.45) is 0 Å². The van der Waals surface area contributed by atoms with Gasteiger partial charge in [0.05, 0.1) is 0 Å². The number of halogens is 1. The van der Waals surface area contributed by atoms with Gasteiger partial charge in [0.15, 0.2) is 0 Å². The maximum absolute atomic E-state index is 10.2. The van der Waals surface area contributed by atoms with Gasteiger partial charge in [0, 0.05) is 0 Å². The third-order valence-electron chi connectivity index (χ3n) is 2.08. The Balaban J connectivity index is 2.37. The van der Waals surface area contributed by atoms with E-state index >= 15 is 0 Å². The number of hydrogen-bond acceptors (Lipinski definition) is 2. The minimum absolute atomic E-state index is 0.510. The van der Waals surface area contributed by atoms with Crippen LogP contribution in [0.4, 0.5) is 0 Å². The second-order valence-electron chi connectivity index (χ2n) is 3.31. The molecule has 14 heavy (non-hydrogen) atoms. The Bertz CT molecular complexity index is 289. The Hall–Kier alpha value is -0.475. The van der Waals surface area contributed by atoms with Crippen LogP contribution in [0.2, 0.25) is 0 Å². The van der Waals surface area contributed by atoms with Crippen LogP contribution in [-0.2, 0) is 11.1 Å². The van der Waals surface area contributed by atoms with E-state index in [2.05, 4.69) is 28.1 Å². The molecule has 0 aliphatic heterocycles. The summed E-state index contributed by atoms with van der Waals surface area (Å²) < 4.78 is 11.3. The fraction of sp³-hybridized carbons (Fsp3) is 0.400. The molecule has 0 atom stereocenters. The van der Waals surface area contributed by atoms with Gasteiger partial charge in [-0.3, -0.25) is 0 Å². The van der Waals surface area contributed by atoms with Gasteiger partial charge in [-0.05, 0) is 0 Å². The first kappa shape index (κ1) is 11.6. The predicted molar refractivity (Wildman–Crippen MR) is 61.8 cm³/mol. The molecule has 0 aliphatic carbocycles. The van der Waals surface area contributed by atoms with Crippen LogP contribution in [-0.4, -0.2) is 32.1 Å². The summed E-state index contributed by atoms with van der Waals surface area (Å²) in [6.45, 7) is 0.917. The summed E-state index contributed by atoms with van der Waals surface area (Å²) in [6.07, 6.45) is 1.49. The Morgan fingerprint density at radius 1 is 1.36 bits per heavy atom. The third kappa shape index (κ3) is 4.16. The molecule has 0 saturated carbocycles. The average Bonchev–Trinajstić information content (AvgIpc) is 2.17. The SMILES string of the molecule is CN(CB=O)CCc1ccc(Br)cc1. The van der Waals surface area contributed by atoms with Gasteiger partial charge in [0.25, 0.3) is 0 Å². The zero-order valence-electron chi connectivity index (χ0n) is 8.24. The Kier molecular flexibility index (Phi) is 5.05. The van der Waals surface area contributed by atoms with Crippen LogP contribution in [0.5, 0.6) is 0 Å². The van der Waals surface area contributed by atoms with E-state index in [0.29, 0.717) is 6.44 Å². The average molecular weight is 254 g/mol. The first-order chi connectivity index (χ1) is 6.72. The Morgan fingerprint density at radius 2 is 2.00 bits per heavy atom. The van der Waals surface area contributed by atoms with Crippen molar-refractivity contribution in [3.8, 4) is 0 Å². The standard InChI is InChI=1S/C10H13BBrNO/c1-13(8-11-14)7-6-9-2-4-10(12)5-3-9/h2-5H,6-8H2,1H3. The van der Waals surface area contributed by atoms with Crippen molar-refractivity contribution in [1.82, 2.24) is 4.90 Å². The molecule has 0 amide bonds. The molecule has 0 unspecified atom stereocenters. The molecule has 0 N–H and O–H groups in total. The molecule has 0 bridgehead atoms. The van der Waals surface area contributed by atoms with Crippen LogP contribution in [0.1, 0.15) is 5.56 Å². The third-order valence-corrected chi connectivity index (χ3v) is 2.61. The predicted octanol–water partition coefficient (Wildman–Crippen LogP) is 1.93. The quantitative estimate of drug-likeness (QED) is 0.748. The van der Waals surface area contributed by atoms with E-state index in [1.807, 2.05) is 24.1 Å². The van der Waals surface area contributed by atoms with Crippen molar-refractivity contribution >= 4 is 23.1 Å². The van der Waals surface area contributed by atoms with E-state index < -0.39 is 0 Å². The summed E-state index contributed by atoms with van der Waals surface area (Å²) in [5.41, 5.74) is 1.30. The van der Waals surface area contributed by atoms with Gasteiger partial charge in [-0.2, -0.15) is 0 Å². The number of nitrogens with zero attached hydrogens (tertiary/aromatic N) is 1. The van der Waals surface area contributed by atoms with Crippen LogP contribution < -0.4 is 0 Å². The number of rotatable bonds is 5. The van der Waals surface area contributed by atoms with Crippen LogP contribution in [0.15, 0.2) is 28.7 Å². The molecular formula is C10H13BBrNO. The molecule has 74 valence electrons. The molecule has 0 aromatic heterocycles. The van der Waals surface area contributed by atoms with Crippen molar-refractivity contribution in [1.29, 1.82) is 0 Å². The van der Waals surface area contributed by atoms with Crippen molar-refractivity contribution in [3.63, 3.8) is 0 Å². The molecule has 0 radical (unpaired) electrons. The molecule has 1 aromatic rings. The van der Waals surface area contributed by atoms with Gasteiger partial charge < -0.3 is 0 Å². The molecule has 1 aromatic carbocycles. The minimum atomic E-state index is 0.510. The first-order valence-corrected chi connectivity index (χ1v) is 5.38. The van der Waals surface area contributed by atoms with Crippen LogP contribution in [0.3, 0.4) is 0 Å². The molecule has 4 heteroatoms. The van der Waals surface area contributed by atoms with E-state index in [4.69, 9.17) is 0 Å². The molecule has 1 rings (SSSR count). The van der Waals surface area contributed by atoms with Crippen LogP contribution in [0, 0.1) is 0 Å². The second-order valence-corrected chi connectivity index (χ2v) is 4.22. The summed E-state index contributed by atoms with van der Waals surface area (Å²) in [5.74, 6) is 0. The summed E-state index contributed by atoms with van der Waals surface area (Å²) in [5, 5.41) is 0. The molecule has 0 heterocycles. The van der Waals surface area contributed by atoms with Crippen LogP contribution in [0.25, 0.3) is 0 Å². The van der Waals surface area contributed by atoms with E-state index in [0.717, 1.165) is 24.6 Å². The van der Waals surface area contributed by atoms with Gasteiger partial charge in [0.1, 0.15) is 0 Å².